The van der Waals surface area contributed by atoms with E-state index < -0.39 is 0 Å². The Balaban J connectivity index is 0.00000169. The second-order valence-corrected chi connectivity index (χ2v) is 6.39. The molecule has 0 aromatic carbocycles. The third kappa shape index (κ3) is 6.09. The molecule has 1 aliphatic rings. The van der Waals surface area contributed by atoms with E-state index in [2.05, 4.69) is 15.3 Å². The summed E-state index contributed by atoms with van der Waals surface area (Å²) in [6.07, 6.45) is 6.26. The average Bonchev–Trinajstić information content (AvgIpc) is 2.90. The van der Waals surface area contributed by atoms with Gasteiger partial charge < -0.3 is 10.2 Å². The molecule has 1 aliphatic heterocycles. The summed E-state index contributed by atoms with van der Waals surface area (Å²) in [6.45, 7) is 2.42. The number of hydrogen-bond acceptors (Lipinski definition) is 4. The zero-order valence-corrected chi connectivity index (χ0v) is 16.7. The van der Waals surface area contributed by atoms with E-state index in [1.54, 1.807) is 18.3 Å². The minimum atomic E-state index is -0.0655. The van der Waals surface area contributed by atoms with Crippen molar-refractivity contribution in [3.05, 3.63) is 59.1 Å². The molecule has 2 aromatic rings. The summed E-state index contributed by atoms with van der Waals surface area (Å²) in [6, 6.07) is 9.35. The number of nitrogens with one attached hydrogen (secondary N) is 1. The summed E-state index contributed by atoms with van der Waals surface area (Å²) >= 11 is 5.89. The summed E-state index contributed by atoms with van der Waals surface area (Å²) in [5, 5.41) is 3.92. The second-order valence-electron chi connectivity index (χ2n) is 5.95. The Morgan fingerprint density at radius 2 is 2.00 bits per heavy atom. The Morgan fingerprint density at radius 3 is 2.69 bits per heavy atom. The first-order chi connectivity index (χ1) is 11.7. The van der Waals surface area contributed by atoms with Crippen molar-refractivity contribution in [2.24, 2.45) is 0 Å². The van der Waals surface area contributed by atoms with E-state index >= 15 is 0 Å². The van der Waals surface area contributed by atoms with Crippen LogP contribution < -0.4 is 5.32 Å². The van der Waals surface area contributed by atoms with Crippen LogP contribution in [0.5, 0.6) is 0 Å². The second kappa shape index (κ2) is 11.3. The topological polar surface area (TPSA) is 58.1 Å². The van der Waals surface area contributed by atoms with Crippen LogP contribution in [0.2, 0.25) is 5.02 Å². The van der Waals surface area contributed by atoms with E-state index in [9.17, 15) is 4.79 Å². The van der Waals surface area contributed by atoms with Gasteiger partial charge in [0.2, 0.25) is 0 Å². The summed E-state index contributed by atoms with van der Waals surface area (Å²) in [7, 11) is 0. The molecule has 1 fully saturated rings. The number of amides is 1. The molecule has 5 nitrogen and oxygen atoms in total. The van der Waals surface area contributed by atoms with Gasteiger partial charge in [-0.05, 0) is 56.6 Å². The highest BCUT2D eigenvalue weighted by Gasteiger charge is 2.26. The summed E-state index contributed by atoms with van der Waals surface area (Å²) in [4.78, 5) is 23.5. The highest BCUT2D eigenvalue weighted by Crippen LogP contribution is 2.19. The molecule has 1 amide bonds. The van der Waals surface area contributed by atoms with Gasteiger partial charge in [0.05, 0.1) is 17.3 Å². The molecule has 8 heteroatoms. The first-order valence-corrected chi connectivity index (χ1v) is 8.65. The largest absolute Gasteiger partial charge is 0.328 e. The lowest BCUT2D eigenvalue weighted by atomic mass is 10.1. The SMILES string of the molecule is Cl.Cl.O=C(c1ccc(Cl)cn1)N(Cc1ccccn1)C1CCCNCC1. The lowest BCUT2D eigenvalue weighted by Gasteiger charge is -2.30. The number of carbonyl (C=O) groups is 1. The van der Waals surface area contributed by atoms with Crippen LogP contribution in [0, 0.1) is 0 Å². The van der Waals surface area contributed by atoms with Crippen molar-refractivity contribution in [3.8, 4) is 0 Å². The molecule has 1 N–H and O–H groups in total. The van der Waals surface area contributed by atoms with Gasteiger partial charge in [0.15, 0.2) is 0 Å². The predicted octanol–water partition coefficient (Wildman–Crippen LogP) is 3.76. The van der Waals surface area contributed by atoms with E-state index in [1.165, 1.54) is 6.20 Å². The Kier molecular flexibility index (Phi) is 9.88. The van der Waals surface area contributed by atoms with E-state index in [0.29, 0.717) is 17.3 Å². The summed E-state index contributed by atoms with van der Waals surface area (Å²) in [5.74, 6) is -0.0655. The van der Waals surface area contributed by atoms with Gasteiger partial charge in [-0.2, -0.15) is 0 Å². The highest BCUT2D eigenvalue weighted by molar-refractivity contribution is 6.30. The molecule has 1 unspecified atom stereocenters. The fourth-order valence-electron chi connectivity index (χ4n) is 2.99. The van der Waals surface area contributed by atoms with Crippen molar-refractivity contribution in [2.45, 2.75) is 31.8 Å². The van der Waals surface area contributed by atoms with Gasteiger partial charge >= 0.3 is 0 Å². The van der Waals surface area contributed by atoms with E-state index in [1.807, 2.05) is 23.1 Å². The van der Waals surface area contributed by atoms with Gasteiger partial charge in [0.25, 0.3) is 5.91 Å². The fraction of sp³-hybridized carbons (Fsp3) is 0.389. The van der Waals surface area contributed by atoms with Gasteiger partial charge in [-0.1, -0.05) is 17.7 Å². The molecule has 142 valence electrons. The molecule has 1 atom stereocenters. The number of aromatic nitrogens is 2. The third-order valence-corrected chi connectivity index (χ3v) is 4.48. The predicted molar refractivity (Wildman–Crippen MR) is 108 cm³/mol. The van der Waals surface area contributed by atoms with Crippen molar-refractivity contribution in [2.75, 3.05) is 13.1 Å². The maximum absolute atomic E-state index is 13.0. The van der Waals surface area contributed by atoms with Gasteiger partial charge in [-0.25, -0.2) is 4.98 Å². The molecule has 0 bridgehead atoms. The van der Waals surface area contributed by atoms with Crippen molar-refractivity contribution < 1.29 is 4.79 Å². The Bertz CT molecular complexity index is 662. The van der Waals surface area contributed by atoms with Crippen molar-refractivity contribution in [1.82, 2.24) is 20.2 Å². The minimum Gasteiger partial charge on any atom is -0.328 e. The number of rotatable bonds is 4. The quantitative estimate of drug-likeness (QED) is 0.823. The molecule has 3 rings (SSSR count). The molecule has 0 radical (unpaired) electrons. The van der Waals surface area contributed by atoms with Crippen LogP contribution >= 0.6 is 36.4 Å². The molecule has 0 spiro atoms. The fourth-order valence-corrected chi connectivity index (χ4v) is 3.11. The molecule has 26 heavy (non-hydrogen) atoms. The number of halogens is 3. The standard InChI is InChI=1S/C18H21ClN4O.2ClH/c19-14-6-7-17(22-12-14)18(24)23(13-15-4-1-2-10-21-15)16-5-3-9-20-11-8-16;;/h1-2,4,6-7,10,12,16,20H,3,5,8-9,11,13H2;2*1H. The lowest BCUT2D eigenvalue weighted by Crippen LogP contribution is -2.41. The molecule has 0 aliphatic carbocycles. The van der Waals surface area contributed by atoms with E-state index in [4.69, 9.17) is 11.6 Å². The first kappa shape index (κ1) is 22.6. The van der Waals surface area contributed by atoms with Crippen molar-refractivity contribution in [1.29, 1.82) is 0 Å². The molecular weight excluding hydrogens is 395 g/mol. The number of pyridine rings is 2. The van der Waals surface area contributed by atoms with Crippen LogP contribution in [-0.4, -0.2) is 39.9 Å². The molecule has 2 aromatic heterocycles. The number of hydrogen-bond donors (Lipinski definition) is 1. The summed E-state index contributed by atoms with van der Waals surface area (Å²) < 4.78 is 0. The number of nitrogens with zero attached hydrogens (tertiary/aromatic N) is 3. The van der Waals surface area contributed by atoms with Crippen LogP contribution in [0.3, 0.4) is 0 Å². The van der Waals surface area contributed by atoms with Crippen LogP contribution in [0.25, 0.3) is 0 Å². The third-order valence-electron chi connectivity index (χ3n) is 4.25. The normalized spacial score (nSPS) is 16.6. The van der Waals surface area contributed by atoms with E-state index in [0.717, 1.165) is 38.0 Å². The zero-order valence-electron chi connectivity index (χ0n) is 14.3. The molecule has 1 saturated heterocycles. The Labute approximate surface area is 171 Å². The van der Waals surface area contributed by atoms with Gasteiger partial charge in [0.1, 0.15) is 5.69 Å². The average molecular weight is 418 g/mol. The number of carbonyl (C=O) groups excluding carboxylic acids is 1. The molecule has 0 saturated carbocycles. The first-order valence-electron chi connectivity index (χ1n) is 8.27. The minimum absolute atomic E-state index is 0. The van der Waals surface area contributed by atoms with Crippen LogP contribution in [0.1, 0.15) is 35.4 Å². The van der Waals surface area contributed by atoms with Crippen LogP contribution in [0.15, 0.2) is 42.7 Å². The van der Waals surface area contributed by atoms with Crippen molar-refractivity contribution in [3.63, 3.8) is 0 Å². The van der Waals surface area contributed by atoms with Gasteiger partial charge in [0, 0.05) is 18.4 Å². The zero-order chi connectivity index (χ0) is 16.8. The van der Waals surface area contributed by atoms with Crippen molar-refractivity contribution >= 4 is 42.3 Å². The van der Waals surface area contributed by atoms with Gasteiger partial charge in [-0.3, -0.25) is 9.78 Å². The van der Waals surface area contributed by atoms with E-state index in [-0.39, 0.29) is 36.8 Å². The Hall–Kier alpha value is -1.40. The summed E-state index contributed by atoms with van der Waals surface area (Å²) in [5.41, 5.74) is 1.31. The van der Waals surface area contributed by atoms with Gasteiger partial charge in [-0.15, -0.1) is 24.8 Å². The maximum Gasteiger partial charge on any atom is 0.273 e. The maximum atomic E-state index is 13.0. The van der Waals surface area contributed by atoms with Crippen LogP contribution in [-0.2, 0) is 6.54 Å². The monoisotopic (exact) mass is 416 g/mol. The van der Waals surface area contributed by atoms with Crippen LogP contribution in [0.4, 0.5) is 0 Å². The molecular formula is C18H23Cl3N4O. The molecule has 3 heterocycles. The lowest BCUT2D eigenvalue weighted by molar-refractivity contribution is 0.0636. The Morgan fingerprint density at radius 1 is 1.15 bits per heavy atom. The smallest absolute Gasteiger partial charge is 0.273 e. The highest BCUT2D eigenvalue weighted by atomic mass is 35.5.